The SMILES string of the molecule is N[C@@H](CO)c1cc(Cl)ccc1I. The van der Waals surface area contributed by atoms with E-state index >= 15 is 0 Å². The van der Waals surface area contributed by atoms with Gasteiger partial charge in [0.15, 0.2) is 0 Å². The average Bonchev–Trinajstić information content (AvgIpc) is 2.08. The van der Waals surface area contributed by atoms with E-state index in [-0.39, 0.29) is 12.6 Å². The first-order valence-corrected chi connectivity index (χ1v) is 4.92. The zero-order valence-corrected chi connectivity index (χ0v) is 9.21. The summed E-state index contributed by atoms with van der Waals surface area (Å²) < 4.78 is 1.03. The van der Waals surface area contributed by atoms with Crippen molar-refractivity contribution in [2.24, 2.45) is 5.73 Å². The van der Waals surface area contributed by atoms with Crippen LogP contribution in [0.1, 0.15) is 11.6 Å². The molecule has 1 aromatic rings. The zero-order chi connectivity index (χ0) is 9.14. The number of halogens is 2. The van der Waals surface area contributed by atoms with Gasteiger partial charge in [0.2, 0.25) is 0 Å². The van der Waals surface area contributed by atoms with E-state index < -0.39 is 0 Å². The molecule has 2 nitrogen and oxygen atoms in total. The van der Waals surface area contributed by atoms with Gasteiger partial charge in [0.1, 0.15) is 0 Å². The molecule has 3 N–H and O–H groups in total. The second-order valence-corrected chi connectivity index (χ2v) is 4.05. The highest BCUT2D eigenvalue weighted by Crippen LogP contribution is 2.22. The lowest BCUT2D eigenvalue weighted by molar-refractivity contribution is 0.267. The Balaban J connectivity index is 3.04. The van der Waals surface area contributed by atoms with Gasteiger partial charge >= 0.3 is 0 Å². The van der Waals surface area contributed by atoms with E-state index in [0.29, 0.717) is 5.02 Å². The predicted octanol–water partition coefficient (Wildman–Crippen LogP) is 1.94. The van der Waals surface area contributed by atoms with Gasteiger partial charge < -0.3 is 10.8 Å². The molecule has 0 spiro atoms. The monoisotopic (exact) mass is 297 g/mol. The summed E-state index contributed by atoms with van der Waals surface area (Å²) in [5.74, 6) is 0. The highest BCUT2D eigenvalue weighted by molar-refractivity contribution is 14.1. The number of benzene rings is 1. The summed E-state index contributed by atoms with van der Waals surface area (Å²) in [4.78, 5) is 0. The van der Waals surface area contributed by atoms with Gasteiger partial charge in [0, 0.05) is 8.59 Å². The summed E-state index contributed by atoms with van der Waals surface area (Å²) in [5.41, 5.74) is 6.54. The van der Waals surface area contributed by atoms with Gasteiger partial charge in [-0.3, -0.25) is 0 Å². The van der Waals surface area contributed by atoms with Crippen molar-refractivity contribution in [2.45, 2.75) is 6.04 Å². The molecule has 0 aliphatic carbocycles. The Morgan fingerprint density at radius 1 is 1.58 bits per heavy atom. The van der Waals surface area contributed by atoms with Crippen LogP contribution in [0.15, 0.2) is 18.2 Å². The van der Waals surface area contributed by atoms with E-state index in [1.165, 1.54) is 0 Å². The average molecular weight is 298 g/mol. The molecular formula is C8H9ClINO. The molecule has 0 aliphatic rings. The molecule has 4 heteroatoms. The van der Waals surface area contributed by atoms with Crippen molar-refractivity contribution in [2.75, 3.05) is 6.61 Å². The maximum Gasteiger partial charge on any atom is 0.0624 e. The Kier molecular flexibility index (Phi) is 3.77. The maximum atomic E-state index is 8.83. The fourth-order valence-corrected chi connectivity index (χ4v) is 1.81. The Morgan fingerprint density at radius 3 is 2.83 bits per heavy atom. The molecule has 0 amide bonds. The van der Waals surface area contributed by atoms with Gasteiger partial charge in [-0.1, -0.05) is 11.6 Å². The Labute approximate surface area is 89.9 Å². The van der Waals surface area contributed by atoms with Crippen molar-refractivity contribution >= 4 is 34.2 Å². The lowest BCUT2D eigenvalue weighted by Gasteiger charge is -2.10. The number of aliphatic hydroxyl groups is 1. The molecule has 0 aromatic heterocycles. The number of nitrogens with two attached hydrogens (primary N) is 1. The Hall–Kier alpha value is 0.160. The van der Waals surface area contributed by atoms with Crippen molar-refractivity contribution in [3.8, 4) is 0 Å². The van der Waals surface area contributed by atoms with Crippen LogP contribution >= 0.6 is 34.2 Å². The van der Waals surface area contributed by atoms with E-state index in [9.17, 15) is 0 Å². The minimum atomic E-state index is -0.337. The number of hydrogen-bond acceptors (Lipinski definition) is 2. The molecule has 0 heterocycles. The third kappa shape index (κ3) is 2.32. The summed E-state index contributed by atoms with van der Waals surface area (Å²) in [5, 5.41) is 9.48. The number of hydrogen-bond donors (Lipinski definition) is 2. The molecular weight excluding hydrogens is 288 g/mol. The first-order valence-electron chi connectivity index (χ1n) is 3.46. The van der Waals surface area contributed by atoms with Gasteiger partial charge in [-0.05, 0) is 46.4 Å². The van der Waals surface area contributed by atoms with Crippen LogP contribution in [-0.2, 0) is 0 Å². The van der Waals surface area contributed by atoms with E-state index in [0.717, 1.165) is 9.13 Å². The third-order valence-corrected chi connectivity index (χ3v) is 2.77. The van der Waals surface area contributed by atoms with E-state index in [1.54, 1.807) is 12.1 Å². The Morgan fingerprint density at radius 2 is 2.25 bits per heavy atom. The molecule has 12 heavy (non-hydrogen) atoms. The van der Waals surface area contributed by atoms with Crippen molar-refractivity contribution in [3.05, 3.63) is 32.4 Å². The second kappa shape index (κ2) is 4.41. The van der Waals surface area contributed by atoms with Crippen LogP contribution in [0.4, 0.5) is 0 Å². The lowest BCUT2D eigenvalue weighted by Crippen LogP contribution is -2.15. The van der Waals surface area contributed by atoms with Crippen molar-refractivity contribution in [3.63, 3.8) is 0 Å². The smallest absolute Gasteiger partial charge is 0.0624 e. The molecule has 1 rings (SSSR count). The number of aliphatic hydroxyl groups excluding tert-OH is 1. The minimum absolute atomic E-state index is 0.0592. The van der Waals surface area contributed by atoms with E-state index in [2.05, 4.69) is 22.6 Å². The zero-order valence-electron chi connectivity index (χ0n) is 6.30. The van der Waals surface area contributed by atoms with Gasteiger partial charge in [0.25, 0.3) is 0 Å². The molecule has 0 bridgehead atoms. The van der Waals surface area contributed by atoms with Gasteiger partial charge in [-0.15, -0.1) is 0 Å². The summed E-state index contributed by atoms with van der Waals surface area (Å²) in [6, 6.07) is 5.13. The lowest BCUT2D eigenvalue weighted by atomic mass is 10.1. The van der Waals surface area contributed by atoms with E-state index in [4.69, 9.17) is 22.4 Å². The highest BCUT2D eigenvalue weighted by Gasteiger charge is 2.08. The first kappa shape index (κ1) is 10.2. The second-order valence-electron chi connectivity index (χ2n) is 2.45. The highest BCUT2D eigenvalue weighted by atomic mass is 127. The molecule has 0 saturated carbocycles. The molecule has 1 aromatic carbocycles. The van der Waals surface area contributed by atoms with Gasteiger partial charge in [-0.2, -0.15) is 0 Å². The fraction of sp³-hybridized carbons (Fsp3) is 0.250. The summed E-state index contributed by atoms with van der Waals surface area (Å²) in [6.45, 7) is -0.0592. The predicted molar refractivity (Wildman–Crippen MR) is 58.2 cm³/mol. The van der Waals surface area contributed by atoms with Crippen molar-refractivity contribution in [1.29, 1.82) is 0 Å². The van der Waals surface area contributed by atoms with Crippen LogP contribution in [-0.4, -0.2) is 11.7 Å². The molecule has 0 saturated heterocycles. The maximum absolute atomic E-state index is 8.83. The fourth-order valence-electron chi connectivity index (χ4n) is 0.897. The summed E-state index contributed by atoms with van der Waals surface area (Å²) in [7, 11) is 0. The van der Waals surface area contributed by atoms with Crippen LogP contribution in [0.5, 0.6) is 0 Å². The molecule has 0 aliphatic heterocycles. The molecule has 0 fully saturated rings. The molecule has 1 atom stereocenters. The topological polar surface area (TPSA) is 46.2 Å². The first-order chi connectivity index (χ1) is 5.65. The van der Waals surface area contributed by atoms with Crippen LogP contribution in [0.25, 0.3) is 0 Å². The largest absolute Gasteiger partial charge is 0.394 e. The quantitative estimate of drug-likeness (QED) is 0.820. The van der Waals surface area contributed by atoms with Gasteiger partial charge in [-0.25, -0.2) is 0 Å². The number of rotatable bonds is 2. The van der Waals surface area contributed by atoms with Gasteiger partial charge in [0.05, 0.1) is 12.6 Å². The van der Waals surface area contributed by atoms with Crippen LogP contribution in [0, 0.1) is 3.57 Å². The third-order valence-electron chi connectivity index (χ3n) is 1.55. The molecule has 66 valence electrons. The van der Waals surface area contributed by atoms with Crippen molar-refractivity contribution in [1.82, 2.24) is 0 Å². The Bertz CT molecular complexity index is 280. The summed E-state index contributed by atoms with van der Waals surface area (Å²) >= 11 is 7.94. The van der Waals surface area contributed by atoms with Crippen LogP contribution < -0.4 is 5.73 Å². The van der Waals surface area contributed by atoms with Crippen molar-refractivity contribution < 1.29 is 5.11 Å². The molecule has 0 radical (unpaired) electrons. The van der Waals surface area contributed by atoms with Crippen LogP contribution in [0.3, 0.4) is 0 Å². The van der Waals surface area contributed by atoms with Crippen LogP contribution in [0.2, 0.25) is 5.02 Å². The summed E-state index contributed by atoms with van der Waals surface area (Å²) in [6.07, 6.45) is 0. The van der Waals surface area contributed by atoms with E-state index in [1.807, 2.05) is 6.07 Å². The standard InChI is InChI=1S/C8H9ClINO/c9-5-1-2-7(10)6(3-5)8(11)4-12/h1-3,8,12H,4,11H2/t8-/m0/s1. The normalized spacial score (nSPS) is 13.0. The minimum Gasteiger partial charge on any atom is -0.394 e. The molecule has 0 unspecified atom stereocenters.